The van der Waals surface area contributed by atoms with E-state index in [0.717, 1.165) is 56.7 Å². The Morgan fingerprint density at radius 1 is 1.06 bits per heavy atom. The second-order valence-electron chi connectivity index (χ2n) is 9.25. The van der Waals surface area contributed by atoms with Crippen molar-refractivity contribution in [2.45, 2.75) is 64.3 Å². The molecule has 1 aromatic rings. The average Bonchev–Trinajstić information content (AvgIpc) is 2.99. The molecule has 2 aliphatic heterocycles. The second kappa shape index (κ2) is 12.7. The number of amides is 3. The molecule has 0 aromatic heterocycles. The molecule has 31 heavy (non-hydrogen) atoms. The molecule has 2 aliphatic rings. The number of hydrogen-bond donors (Lipinski definition) is 2. The molecular formula is C25H40N4O2. The molecule has 2 fully saturated rings. The summed E-state index contributed by atoms with van der Waals surface area (Å²) in [6.45, 7) is 7.88. The summed E-state index contributed by atoms with van der Waals surface area (Å²) < 4.78 is 0. The van der Waals surface area contributed by atoms with E-state index >= 15 is 0 Å². The van der Waals surface area contributed by atoms with Crippen LogP contribution in [0.1, 0.15) is 69.9 Å². The van der Waals surface area contributed by atoms with Gasteiger partial charge in [0.05, 0.1) is 6.04 Å². The monoisotopic (exact) mass is 428 g/mol. The van der Waals surface area contributed by atoms with Crippen molar-refractivity contribution in [3.05, 3.63) is 35.9 Å². The van der Waals surface area contributed by atoms with Gasteiger partial charge in [-0.25, -0.2) is 4.79 Å². The maximum absolute atomic E-state index is 12.6. The van der Waals surface area contributed by atoms with Crippen LogP contribution in [0, 0.1) is 5.92 Å². The van der Waals surface area contributed by atoms with Crippen LogP contribution < -0.4 is 10.6 Å². The number of carbonyl (C=O) groups excluding carboxylic acids is 2. The van der Waals surface area contributed by atoms with Crippen molar-refractivity contribution >= 4 is 11.9 Å². The van der Waals surface area contributed by atoms with E-state index < -0.39 is 0 Å². The summed E-state index contributed by atoms with van der Waals surface area (Å²) in [4.78, 5) is 29.5. The van der Waals surface area contributed by atoms with Gasteiger partial charge in [0.2, 0.25) is 5.91 Å². The van der Waals surface area contributed by atoms with Crippen LogP contribution in [0.2, 0.25) is 0 Å². The molecule has 0 bridgehead atoms. The summed E-state index contributed by atoms with van der Waals surface area (Å²) in [5, 5.41) is 6.13. The molecule has 3 rings (SSSR count). The zero-order valence-electron chi connectivity index (χ0n) is 19.2. The van der Waals surface area contributed by atoms with E-state index in [9.17, 15) is 9.59 Å². The summed E-state index contributed by atoms with van der Waals surface area (Å²) in [7, 11) is 0. The Kier molecular flexibility index (Phi) is 9.66. The molecule has 1 atom stereocenters. The van der Waals surface area contributed by atoms with Crippen molar-refractivity contribution < 1.29 is 9.59 Å². The first-order valence-electron chi connectivity index (χ1n) is 12.2. The van der Waals surface area contributed by atoms with Crippen molar-refractivity contribution in [2.75, 3.05) is 39.3 Å². The zero-order valence-corrected chi connectivity index (χ0v) is 19.2. The van der Waals surface area contributed by atoms with Crippen molar-refractivity contribution in [1.82, 2.24) is 20.4 Å². The number of rotatable bonds is 9. The summed E-state index contributed by atoms with van der Waals surface area (Å²) in [6.07, 6.45) is 8.43. The molecule has 2 saturated heterocycles. The van der Waals surface area contributed by atoms with Crippen LogP contribution in [0.5, 0.6) is 0 Å². The molecule has 0 saturated carbocycles. The smallest absolute Gasteiger partial charge is 0.315 e. The molecule has 0 radical (unpaired) electrons. The Balaban J connectivity index is 1.43. The fraction of sp³-hybridized carbons (Fsp3) is 0.680. The van der Waals surface area contributed by atoms with Gasteiger partial charge in [-0.15, -0.1) is 0 Å². The van der Waals surface area contributed by atoms with Crippen molar-refractivity contribution in [3.8, 4) is 0 Å². The Morgan fingerprint density at radius 2 is 1.84 bits per heavy atom. The number of urea groups is 1. The second-order valence-corrected chi connectivity index (χ2v) is 9.25. The molecule has 0 aliphatic carbocycles. The quantitative estimate of drug-likeness (QED) is 0.586. The zero-order chi connectivity index (χ0) is 21.9. The molecular weight excluding hydrogens is 388 g/mol. The number of carbonyl (C=O) groups is 2. The van der Waals surface area contributed by atoms with E-state index in [1.54, 1.807) is 0 Å². The molecule has 1 aromatic carbocycles. The van der Waals surface area contributed by atoms with Gasteiger partial charge in [0, 0.05) is 26.1 Å². The van der Waals surface area contributed by atoms with Gasteiger partial charge in [0.25, 0.3) is 0 Å². The van der Waals surface area contributed by atoms with Crippen LogP contribution in [0.3, 0.4) is 0 Å². The van der Waals surface area contributed by atoms with Crippen LogP contribution in [0.25, 0.3) is 0 Å². The van der Waals surface area contributed by atoms with Gasteiger partial charge < -0.3 is 20.4 Å². The third-order valence-corrected chi connectivity index (χ3v) is 6.64. The number of unbranched alkanes of at least 4 members (excludes halogenated alkanes) is 1. The van der Waals surface area contributed by atoms with E-state index in [2.05, 4.69) is 22.5 Å². The average molecular weight is 429 g/mol. The van der Waals surface area contributed by atoms with Crippen LogP contribution in [-0.2, 0) is 4.79 Å². The van der Waals surface area contributed by atoms with Gasteiger partial charge >= 0.3 is 6.03 Å². The molecule has 3 amide bonds. The lowest BCUT2D eigenvalue weighted by Crippen LogP contribution is -2.44. The predicted molar refractivity (Wildman–Crippen MR) is 125 cm³/mol. The number of benzene rings is 1. The minimum atomic E-state index is -0.196. The van der Waals surface area contributed by atoms with Gasteiger partial charge in [-0.05, 0) is 69.6 Å². The minimum Gasteiger partial charge on any atom is -0.340 e. The molecule has 0 spiro atoms. The fourth-order valence-corrected chi connectivity index (χ4v) is 4.53. The highest BCUT2D eigenvalue weighted by Crippen LogP contribution is 2.19. The lowest BCUT2D eigenvalue weighted by molar-refractivity contribution is -0.131. The molecule has 2 heterocycles. The summed E-state index contributed by atoms with van der Waals surface area (Å²) >= 11 is 0. The topological polar surface area (TPSA) is 64.7 Å². The highest BCUT2D eigenvalue weighted by Gasteiger charge is 2.23. The number of nitrogens with zero attached hydrogens (tertiary/aromatic N) is 2. The first-order chi connectivity index (χ1) is 15.1. The summed E-state index contributed by atoms with van der Waals surface area (Å²) in [5.41, 5.74) is 1.04. The third kappa shape index (κ3) is 8.17. The fourth-order valence-electron chi connectivity index (χ4n) is 4.53. The van der Waals surface area contributed by atoms with Gasteiger partial charge in [0.1, 0.15) is 0 Å². The first kappa shape index (κ1) is 23.6. The van der Waals surface area contributed by atoms with Crippen molar-refractivity contribution in [3.63, 3.8) is 0 Å². The summed E-state index contributed by atoms with van der Waals surface area (Å²) in [5.74, 6) is 1.07. The van der Waals surface area contributed by atoms with E-state index in [-0.39, 0.29) is 18.0 Å². The molecule has 6 heteroatoms. The Hall–Kier alpha value is -2.08. The van der Waals surface area contributed by atoms with Crippen LogP contribution in [-0.4, -0.2) is 61.0 Å². The summed E-state index contributed by atoms with van der Waals surface area (Å²) in [6, 6.07) is 9.63. The van der Waals surface area contributed by atoms with Gasteiger partial charge in [-0.1, -0.05) is 43.7 Å². The number of likely N-dealkylation sites (tertiary alicyclic amines) is 2. The van der Waals surface area contributed by atoms with Gasteiger partial charge in [0.15, 0.2) is 0 Å². The predicted octanol–water partition coefficient (Wildman–Crippen LogP) is 3.94. The maximum atomic E-state index is 12.6. The number of piperidine rings is 1. The normalized spacial score (nSPS) is 19.6. The Labute approximate surface area is 187 Å². The molecule has 6 nitrogen and oxygen atoms in total. The largest absolute Gasteiger partial charge is 0.340 e. The van der Waals surface area contributed by atoms with Crippen LogP contribution in [0.15, 0.2) is 30.3 Å². The van der Waals surface area contributed by atoms with Gasteiger partial charge in [-0.3, -0.25) is 4.79 Å². The Morgan fingerprint density at radius 3 is 2.61 bits per heavy atom. The van der Waals surface area contributed by atoms with Crippen molar-refractivity contribution in [1.29, 1.82) is 0 Å². The standard InChI is InChI=1S/C25H40N4O2/c1-21-13-18-28(19-14-21)16-9-7-15-26-25(31)27-23(22-10-4-2-5-11-22)20-29-17-8-3-6-12-24(29)30/h2,4-5,10-11,21,23H,3,6-9,12-20H2,1H3,(H2,26,27,31). The third-order valence-electron chi connectivity index (χ3n) is 6.64. The van der Waals surface area contributed by atoms with E-state index in [0.29, 0.717) is 19.5 Å². The van der Waals surface area contributed by atoms with E-state index in [1.165, 1.54) is 25.9 Å². The lowest BCUT2D eigenvalue weighted by Gasteiger charge is -2.30. The van der Waals surface area contributed by atoms with Crippen LogP contribution >= 0.6 is 0 Å². The highest BCUT2D eigenvalue weighted by atomic mass is 16.2. The molecule has 1 unspecified atom stereocenters. The Bertz CT molecular complexity index is 673. The van der Waals surface area contributed by atoms with E-state index in [4.69, 9.17) is 0 Å². The minimum absolute atomic E-state index is 0.150. The van der Waals surface area contributed by atoms with E-state index in [1.807, 2.05) is 35.2 Å². The van der Waals surface area contributed by atoms with Crippen molar-refractivity contribution in [2.24, 2.45) is 5.92 Å². The molecule has 2 N–H and O–H groups in total. The van der Waals surface area contributed by atoms with Crippen LogP contribution in [0.4, 0.5) is 4.79 Å². The SMILES string of the molecule is CC1CCN(CCCCNC(=O)NC(CN2CCCCCC2=O)c2ccccc2)CC1. The highest BCUT2D eigenvalue weighted by molar-refractivity contribution is 5.77. The molecule has 172 valence electrons. The lowest BCUT2D eigenvalue weighted by atomic mass is 9.99. The maximum Gasteiger partial charge on any atom is 0.315 e. The number of nitrogens with one attached hydrogen (secondary N) is 2. The number of hydrogen-bond acceptors (Lipinski definition) is 3. The first-order valence-corrected chi connectivity index (χ1v) is 12.2. The van der Waals surface area contributed by atoms with Gasteiger partial charge in [-0.2, -0.15) is 0 Å².